The van der Waals surface area contributed by atoms with Crippen LogP contribution >= 0.6 is 0 Å². The van der Waals surface area contributed by atoms with Crippen molar-refractivity contribution in [1.29, 1.82) is 0 Å². The molecule has 0 atom stereocenters. The maximum atomic E-state index is 5.97. The molecule has 1 fully saturated rings. The van der Waals surface area contributed by atoms with E-state index in [1.807, 2.05) is 0 Å². The largest absolute Gasteiger partial charge is 0.659 e. The minimum Gasteiger partial charge on any atom is -0.659 e. The van der Waals surface area contributed by atoms with Gasteiger partial charge in [-0.1, -0.05) is 6.42 Å². The first-order valence-corrected chi connectivity index (χ1v) is 5.60. The number of rotatable bonds is 1. The predicted molar refractivity (Wildman–Crippen MR) is 61.9 cm³/mol. The Balaban J connectivity index is 0.00000128. The van der Waals surface area contributed by atoms with E-state index in [0.717, 1.165) is 19.5 Å². The van der Waals surface area contributed by atoms with Gasteiger partial charge in [-0.2, -0.15) is 0 Å². The molecular weight excluding hydrogens is 330 g/mol. The topological polar surface area (TPSA) is 32.6 Å². The number of hydrogen-bond donors (Lipinski definition) is 0. The van der Waals surface area contributed by atoms with E-state index >= 15 is 0 Å². The van der Waals surface area contributed by atoms with Gasteiger partial charge in [0, 0.05) is 41.3 Å². The maximum absolute atomic E-state index is 5.97. The van der Waals surface area contributed by atoms with E-state index in [0.29, 0.717) is 0 Å². The number of hydrogen-bond acceptors (Lipinski definition) is 2. The minimum absolute atomic E-state index is 0. The molecule has 0 spiro atoms. The Morgan fingerprint density at radius 3 is 2.19 bits per heavy atom. The summed E-state index contributed by atoms with van der Waals surface area (Å²) in [7, 11) is -0.162. The van der Waals surface area contributed by atoms with Gasteiger partial charge in [-0.25, -0.2) is 0 Å². The zero-order valence-corrected chi connectivity index (χ0v) is 14.3. The molecule has 0 N–H and O–H groups in total. The summed E-state index contributed by atoms with van der Waals surface area (Å²) in [6.07, 6.45) is 3.10. The van der Waals surface area contributed by atoms with E-state index in [1.165, 1.54) is 5.47 Å². The van der Waals surface area contributed by atoms with Gasteiger partial charge < -0.3 is 14.6 Å². The summed E-state index contributed by atoms with van der Waals surface area (Å²) in [6.45, 7) is 10.0. The van der Waals surface area contributed by atoms with E-state index in [2.05, 4.69) is 39.1 Å². The van der Waals surface area contributed by atoms with Gasteiger partial charge in [0.05, 0.1) is 11.2 Å². The maximum Gasteiger partial charge on any atom is 0.490 e. The van der Waals surface area contributed by atoms with Gasteiger partial charge in [-0.3, -0.25) is 0 Å². The third kappa shape index (κ3) is 2.89. The van der Waals surface area contributed by atoms with Crippen molar-refractivity contribution in [2.45, 2.75) is 45.3 Å². The van der Waals surface area contributed by atoms with Crippen molar-refractivity contribution >= 4 is 7.12 Å². The normalized spacial score (nSPS) is 27.2. The van der Waals surface area contributed by atoms with Crippen LogP contribution in [-0.4, -0.2) is 31.4 Å². The van der Waals surface area contributed by atoms with Crippen LogP contribution in [0.5, 0.6) is 0 Å². The van der Waals surface area contributed by atoms with Crippen LogP contribution in [0.4, 0.5) is 0 Å². The fraction of sp³-hybridized carbons (Fsp3) is 0.818. The summed E-state index contributed by atoms with van der Waals surface area (Å²) >= 11 is 0. The Hall–Kier alpha value is 1.05. The van der Waals surface area contributed by atoms with Crippen LogP contribution in [0.3, 0.4) is 0 Å². The average molecular weight is 349 g/mol. The first kappa shape index (κ1) is 15.1. The van der Waals surface area contributed by atoms with E-state index < -0.39 is 0 Å². The Morgan fingerprint density at radius 2 is 1.75 bits per heavy atom. The third-order valence-electron chi connectivity index (χ3n) is 3.60. The van der Waals surface area contributed by atoms with Crippen molar-refractivity contribution in [3.8, 4) is 0 Å². The van der Waals surface area contributed by atoms with Crippen LogP contribution in [0, 0.1) is 41.3 Å². The molecule has 5 heteroatoms. The molecule has 0 aromatic rings. The van der Waals surface area contributed by atoms with E-state index in [4.69, 9.17) is 9.31 Å². The van der Waals surface area contributed by atoms with Crippen molar-refractivity contribution in [3.63, 3.8) is 0 Å². The monoisotopic (exact) mass is 349 g/mol. The minimum atomic E-state index is -0.229. The van der Waals surface area contributed by atoms with Gasteiger partial charge in [0.1, 0.15) is 0 Å². The van der Waals surface area contributed by atoms with Gasteiger partial charge in [-0.15, -0.1) is 19.2 Å². The molecule has 0 amide bonds. The summed E-state index contributed by atoms with van der Waals surface area (Å²) in [5, 5.41) is 4.28. The fourth-order valence-corrected chi connectivity index (χ4v) is 1.79. The molecule has 0 unspecified atom stereocenters. The number of nitrogens with zero attached hydrogens (tertiary/aromatic N) is 1. The summed E-state index contributed by atoms with van der Waals surface area (Å²) < 4.78 is 11.9. The standard InChI is InChI=1S/C11H19BNO2.Pr/c1-10(2)11(3,4)15-12(14-10)9-5-7-13-8-6-9;/h5H,6-8H2,1-4H3;/q-1;. The van der Waals surface area contributed by atoms with Crippen molar-refractivity contribution in [3.05, 3.63) is 16.9 Å². The fourth-order valence-electron chi connectivity index (χ4n) is 1.79. The van der Waals surface area contributed by atoms with Crippen molar-refractivity contribution in [2.75, 3.05) is 13.1 Å². The van der Waals surface area contributed by atoms with E-state index in [-0.39, 0.29) is 59.6 Å². The molecule has 0 saturated carbocycles. The van der Waals surface area contributed by atoms with Gasteiger partial charge in [0.25, 0.3) is 0 Å². The molecular formula is C11H19BNO2Pr-. The van der Waals surface area contributed by atoms with Gasteiger partial charge >= 0.3 is 7.12 Å². The molecule has 0 aromatic heterocycles. The molecule has 1 radical (unpaired) electrons. The molecule has 3 nitrogen and oxygen atoms in total. The molecule has 2 aliphatic rings. The Kier molecular flexibility index (Phi) is 5.06. The van der Waals surface area contributed by atoms with Gasteiger partial charge in [0.2, 0.25) is 0 Å². The second-order valence-corrected chi connectivity index (χ2v) is 5.25. The second-order valence-electron chi connectivity index (χ2n) is 5.25. The summed E-state index contributed by atoms with van der Waals surface area (Å²) in [6, 6.07) is 0. The van der Waals surface area contributed by atoms with Gasteiger partial charge in [-0.05, 0) is 33.2 Å². The SMILES string of the molecule is CC1(C)OB(C2=CC[N-]CC2)OC1(C)C.[Pr]. The van der Waals surface area contributed by atoms with Crippen molar-refractivity contribution in [2.24, 2.45) is 0 Å². The van der Waals surface area contributed by atoms with Crippen molar-refractivity contribution < 1.29 is 50.6 Å². The molecule has 87 valence electrons. The second kappa shape index (κ2) is 5.36. The molecule has 0 aromatic carbocycles. The predicted octanol–water partition coefficient (Wildman–Crippen LogP) is 2.32. The molecule has 2 aliphatic heterocycles. The van der Waals surface area contributed by atoms with E-state index in [9.17, 15) is 0 Å². The van der Waals surface area contributed by atoms with Crippen LogP contribution in [0.2, 0.25) is 0 Å². The smallest absolute Gasteiger partial charge is 0.490 e. The molecule has 16 heavy (non-hydrogen) atoms. The average Bonchev–Trinajstić information content (AvgIpc) is 2.38. The Labute approximate surface area is 132 Å². The van der Waals surface area contributed by atoms with Crippen LogP contribution in [-0.2, 0) is 9.31 Å². The third-order valence-corrected chi connectivity index (χ3v) is 3.60. The first-order chi connectivity index (χ1) is 6.92. The summed E-state index contributed by atoms with van der Waals surface area (Å²) in [4.78, 5) is 0. The van der Waals surface area contributed by atoms with Crippen LogP contribution in [0.1, 0.15) is 34.1 Å². The molecule has 2 rings (SSSR count). The Morgan fingerprint density at radius 1 is 1.19 bits per heavy atom. The Bertz CT molecular complexity index is 276. The summed E-state index contributed by atoms with van der Waals surface area (Å²) in [5.74, 6) is 0. The van der Waals surface area contributed by atoms with E-state index in [1.54, 1.807) is 0 Å². The first-order valence-electron chi connectivity index (χ1n) is 5.60. The molecule has 0 bridgehead atoms. The van der Waals surface area contributed by atoms with Crippen molar-refractivity contribution in [1.82, 2.24) is 0 Å². The molecule has 0 aliphatic carbocycles. The quantitative estimate of drug-likeness (QED) is 0.681. The van der Waals surface area contributed by atoms with Gasteiger partial charge in [0.15, 0.2) is 0 Å². The molecule has 2 heterocycles. The summed E-state index contributed by atoms with van der Waals surface area (Å²) in [5.41, 5.74) is 0.795. The van der Waals surface area contributed by atoms with Crippen LogP contribution < -0.4 is 0 Å². The zero-order valence-electron chi connectivity index (χ0n) is 10.6. The molecule has 1 saturated heterocycles. The van der Waals surface area contributed by atoms with Crippen LogP contribution in [0.25, 0.3) is 5.32 Å². The zero-order chi connectivity index (χ0) is 11.1. The van der Waals surface area contributed by atoms with Crippen LogP contribution in [0.15, 0.2) is 11.5 Å².